The van der Waals surface area contributed by atoms with Crippen LogP contribution in [0.25, 0.3) is 21.9 Å². The van der Waals surface area contributed by atoms with Gasteiger partial charge in [-0.05, 0) is 48.9 Å². The van der Waals surface area contributed by atoms with E-state index in [9.17, 15) is 14.4 Å². The van der Waals surface area contributed by atoms with Gasteiger partial charge in [0.25, 0.3) is 11.5 Å². The summed E-state index contributed by atoms with van der Waals surface area (Å²) >= 11 is 13.3. The summed E-state index contributed by atoms with van der Waals surface area (Å²) in [4.78, 5) is 46.0. The molecule has 0 saturated heterocycles. The number of benzene rings is 3. The molecule has 11 heteroatoms. The Bertz CT molecular complexity index is 1900. The van der Waals surface area contributed by atoms with Crippen LogP contribution in [0.2, 0.25) is 10.0 Å². The van der Waals surface area contributed by atoms with Crippen molar-refractivity contribution in [3.8, 4) is 11.4 Å². The molecule has 3 aromatic carbocycles. The Morgan fingerprint density at radius 2 is 1.82 bits per heavy atom. The fourth-order valence-electron chi connectivity index (χ4n) is 4.39. The molecule has 0 atom stereocenters. The van der Waals surface area contributed by atoms with Crippen molar-refractivity contribution in [1.29, 1.82) is 0 Å². The van der Waals surface area contributed by atoms with Crippen LogP contribution in [0.1, 0.15) is 11.1 Å². The maximum atomic E-state index is 13.6. The van der Waals surface area contributed by atoms with Crippen LogP contribution in [0, 0.1) is 6.92 Å². The third-order valence-corrected chi connectivity index (χ3v) is 7.66. The Labute approximate surface area is 229 Å². The van der Waals surface area contributed by atoms with E-state index in [-0.39, 0.29) is 28.4 Å². The Hall–Kier alpha value is -4.05. The average molecular weight is 562 g/mol. The number of anilines is 2. The minimum Gasteiger partial charge on any atom is -0.325 e. The van der Waals surface area contributed by atoms with E-state index in [0.29, 0.717) is 37.5 Å². The quantitative estimate of drug-likeness (QED) is 0.352. The first-order chi connectivity index (χ1) is 18.3. The first kappa shape index (κ1) is 24.3. The number of rotatable bonds is 4. The van der Waals surface area contributed by atoms with E-state index in [2.05, 4.69) is 15.4 Å². The minimum absolute atomic E-state index is 0.202. The lowest BCUT2D eigenvalue weighted by Gasteiger charge is -2.16. The van der Waals surface area contributed by atoms with E-state index < -0.39 is 11.5 Å². The predicted octanol–water partition coefficient (Wildman–Crippen LogP) is 4.34. The molecule has 3 heterocycles. The summed E-state index contributed by atoms with van der Waals surface area (Å²) in [5.74, 6) is -0.512. The first-order valence-corrected chi connectivity index (χ1v) is 13.0. The van der Waals surface area contributed by atoms with Crippen molar-refractivity contribution in [3.63, 3.8) is 0 Å². The summed E-state index contributed by atoms with van der Waals surface area (Å²) in [7, 11) is 0. The molecular formula is C27H17Cl2N5O3S. The molecule has 2 amide bonds. The second-order valence-electron chi connectivity index (χ2n) is 8.69. The van der Waals surface area contributed by atoms with E-state index >= 15 is 0 Å². The first-order valence-electron chi connectivity index (χ1n) is 11.5. The van der Waals surface area contributed by atoms with Crippen molar-refractivity contribution in [2.24, 2.45) is 0 Å². The lowest BCUT2D eigenvalue weighted by Crippen LogP contribution is -2.37. The number of carbonyl (C=O) groups excluding carboxylic acids is 2. The lowest BCUT2D eigenvalue weighted by atomic mass is 10.1. The standard InChI is InChI=1S/C27H17Cl2N5O3S/c1-14-5-4-6-16(11-14)30-21(35)13-33-20-8-3-2-7-18(20)22(25(33)36)23-26(37)34-27(38-23)31-24(32-34)17-10-9-15(28)12-19(17)29/h2-12H,13H2,1H3,(H,30,35)/b23-22-. The van der Waals surface area contributed by atoms with Gasteiger partial charge in [0.05, 0.1) is 16.3 Å². The molecular weight excluding hydrogens is 545 g/mol. The molecule has 0 spiro atoms. The van der Waals surface area contributed by atoms with Crippen molar-refractivity contribution in [2.75, 3.05) is 16.8 Å². The maximum Gasteiger partial charge on any atom is 0.291 e. The maximum absolute atomic E-state index is 13.6. The van der Waals surface area contributed by atoms with Gasteiger partial charge in [0.2, 0.25) is 10.9 Å². The molecule has 0 saturated carbocycles. The van der Waals surface area contributed by atoms with Gasteiger partial charge in [-0.3, -0.25) is 19.3 Å². The number of aryl methyl sites for hydroxylation is 1. The van der Waals surface area contributed by atoms with E-state index in [1.54, 1.807) is 48.5 Å². The zero-order chi connectivity index (χ0) is 26.6. The van der Waals surface area contributed by atoms with Crippen LogP contribution < -0.4 is 20.3 Å². The molecule has 2 aromatic heterocycles. The third-order valence-electron chi connectivity index (χ3n) is 6.08. The number of amides is 2. The lowest BCUT2D eigenvalue weighted by molar-refractivity contribution is -0.118. The van der Waals surface area contributed by atoms with Crippen LogP contribution in [0.5, 0.6) is 0 Å². The van der Waals surface area contributed by atoms with Crippen LogP contribution >= 0.6 is 34.5 Å². The normalized spacial score (nSPS) is 14.3. The highest BCUT2D eigenvalue weighted by Gasteiger charge is 2.35. The van der Waals surface area contributed by atoms with Crippen molar-refractivity contribution >= 4 is 68.3 Å². The summed E-state index contributed by atoms with van der Waals surface area (Å²) < 4.78 is 1.36. The molecule has 1 aliphatic rings. The van der Waals surface area contributed by atoms with Crippen LogP contribution in [0.3, 0.4) is 0 Å². The number of aromatic nitrogens is 3. The molecule has 1 N–H and O–H groups in total. The molecule has 0 unspecified atom stereocenters. The Kier molecular flexibility index (Phi) is 5.98. The zero-order valence-electron chi connectivity index (χ0n) is 19.7. The molecule has 5 aromatic rings. The number of thiazole rings is 1. The highest BCUT2D eigenvalue weighted by atomic mass is 35.5. The van der Waals surface area contributed by atoms with Crippen molar-refractivity contribution in [2.45, 2.75) is 6.92 Å². The fraction of sp³-hybridized carbons (Fsp3) is 0.0741. The monoisotopic (exact) mass is 561 g/mol. The van der Waals surface area contributed by atoms with Crippen LogP contribution in [-0.2, 0) is 9.59 Å². The molecule has 0 fully saturated rings. The molecule has 0 aliphatic carbocycles. The zero-order valence-corrected chi connectivity index (χ0v) is 22.1. The summed E-state index contributed by atoms with van der Waals surface area (Å²) in [6.07, 6.45) is 0. The largest absolute Gasteiger partial charge is 0.325 e. The average Bonchev–Trinajstić information content (AvgIpc) is 3.50. The number of hydrogen-bond acceptors (Lipinski definition) is 6. The number of fused-ring (bicyclic) bond motifs is 2. The number of nitrogens with one attached hydrogen (secondary N) is 1. The number of para-hydroxylation sites is 1. The number of hydrogen-bond donors (Lipinski definition) is 1. The highest BCUT2D eigenvalue weighted by Crippen LogP contribution is 2.35. The molecule has 0 bridgehead atoms. The van der Waals surface area contributed by atoms with Gasteiger partial charge in [-0.25, -0.2) is 0 Å². The van der Waals surface area contributed by atoms with Crippen molar-refractivity contribution in [3.05, 3.63) is 103 Å². The summed E-state index contributed by atoms with van der Waals surface area (Å²) in [6.45, 7) is 1.72. The molecule has 0 radical (unpaired) electrons. The number of halogens is 2. The second-order valence-corrected chi connectivity index (χ2v) is 10.5. The molecule has 8 nitrogen and oxygen atoms in total. The van der Waals surface area contributed by atoms with Crippen molar-refractivity contribution < 1.29 is 9.59 Å². The third kappa shape index (κ3) is 4.14. The van der Waals surface area contributed by atoms with E-state index in [1.807, 2.05) is 25.1 Å². The minimum atomic E-state index is -0.474. The molecule has 38 heavy (non-hydrogen) atoms. The van der Waals surface area contributed by atoms with Gasteiger partial charge in [-0.15, -0.1) is 5.10 Å². The molecule has 188 valence electrons. The van der Waals surface area contributed by atoms with E-state index in [1.165, 1.54) is 4.90 Å². The Morgan fingerprint density at radius 3 is 2.58 bits per heavy atom. The van der Waals surface area contributed by atoms with Crippen LogP contribution in [-0.4, -0.2) is 33.0 Å². The number of carbonyl (C=O) groups is 2. The van der Waals surface area contributed by atoms with Gasteiger partial charge in [-0.2, -0.15) is 9.50 Å². The van der Waals surface area contributed by atoms with Gasteiger partial charge in [0.1, 0.15) is 11.1 Å². The summed E-state index contributed by atoms with van der Waals surface area (Å²) in [5.41, 5.74) is 3.05. The van der Waals surface area contributed by atoms with Crippen LogP contribution in [0.4, 0.5) is 11.4 Å². The van der Waals surface area contributed by atoms with Gasteiger partial charge >= 0.3 is 0 Å². The van der Waals surface area contributed by atoms with Gasteiger partial charge in [-0.1, -0.05) is 64.9 Å². The van der Waals surface area contributed by atoms with E-state index in [0.717, 1.165) is 21.4 Å². The van der Waals surface area contributed by atoms with Gasteiger partial charge < -0.3 is 5.32 Å². The summed E-state index contributed by atoms with van der Waals surface area (Å²) in [6, 6.07) is 19.4. The highest BCUT2D eigenvalue weighted by molar-refractivity contribution is 7.15. The smallest absolute Gasteiger partial charge is 0.291 e. The van der Waals surface area contributed by atoms with Gasteiger partial charge in [0, 0.05) is 21.8 Å². The molecule has 6 rings (SSSR count). The second kappa shape index (κ2) is 9.36. The predicted molar refractivity (Wildman–Crippen MR) is 149 cm³/mol. The van der Waals surface area contributed by atoms with E-state index in [4.69, 9.17) is 23.2 Å². The molecule has 1 aliphatic heterocycles. The van der Waals surface area contributed by atoms with Crippen molar-refractivity contribution in [1.82, 2.24) is 14.6 Å². The number of nitrogens with zero attached hydrogens (tertiary/aromatic N) is 4. The Morgan fingerprint density at radius 1 is 1.00 bits per heavy atom. The summed E-state index contributed by atoms with van der Waals surface area (Å²) in [5, 5.41) is 8.00. The fourth-order valence-corrected chi connectivity index (χ4v) is 5.88. The SMILES string of the molecule is Cc1cccc(NC(=O)CN2C(=O)/C(=c3\sc4nc(-c5ccc(Cl)cc5Cl)nn4c3=O)c3ccccc32)c1. The Balaban J connectivity index is 1.39. The van der Waals surface area contributed by atoms with Crippen LogP contribution in [0.15, 0.2) is 71.5 Å². The van der Waals surface area contributed by atoms with Gasteiger partial charge in [0.15, 0.2) is 5.82 Å². The topological polar surface area (TPSA) is 96.7 Å².